The molecule has 0 bridgehead atoms. The lowest BCUT2D eigenvalue weighted by Gasteiger charge is -2.36. The van der Waals surface area contributed by atoms with Crippen LogP contribution in [0.3, 0.4) is 0 Å². The molecule has 3 rings (SSSR count). The third-order valence-corrected chi connectivity index (χ3v) is 4.34. The highest BCUT2D eigenvalue weighted by atomic mass is 32.3. The molecule has 3 heterocycles. The van der Waals surface area contributed by atoms with E-state index in [4.69, 9.17) is 19.2 Å². The third-order valence-electron chi connectivity index (χ3n) is 4.04. The summed E-state index contributed by atoms with van der Waals surface area (Å²) in [6.45, 7) is 1.76. The van der Waals surface area contributed by atoms with Gasteiger partial charge in [0.15, 0.2) is 0 Å². The fourth-order valence-corrected chi connectivity index (χ4v) is 3.07. The van der Waals surface area contributed by atoms with Crippen molar-refractivity contribution >= 4 is 16.3 Å². The summed E-state index contributed by atoms with van der Waals surface area (Å²) < 4.78 is 34.0. The van der Waals surface area contributed by atoms with E-state index < -0.39 is 28.9 Å². The number of rotatable bonds is 7. The molecule has 0 unspecified atom stereocenters. The van der Waals surface area contributed by atoms with E-state index in [0.717, 1.165) is 13.0 Å². The first-order valence-electron chi connectivity index (χ1n) is 7.58. The molecule has 3 fully saturated rings. The molecule has 0 aromatic heterocycles. The quantitative estimate of drug-likeness (QED) is 0.167. The van der Waals surface area contributed by atoms with Crippen molar-refractivity contribution in [3.05, 3.63) is 0 Å². The van der Waals surface area contributed by atoms with Gasteiger partial charge in [0.1, 0.15) is 0 Å². The first-order valence-corrected chi connectivity index (χ1v) is 8.94. The van der Waals surface area contributed by atoms with E-state index >= 15 is 0 Å². The van der Waals surface area contributed by atoms with Crippen LogP contribution in [-0.4, -0.2) is 68.0 Å². The molecule has 0 aromatic carbocycles. The Labute approximate surface area is 138 Å². The molecule has 0 radical (unpaired) electrons. The molecule has 3 saturated heterocycles. The summed E-state index contributed by atoms with van der Waals surface area (Å²) in [5.74, 6) is -0.324. The molecule has 12 nitrogen and oxygen atoms in total. The predicted octanol–water partition coefficient (Wildman–Crippen LogP) is -2.20. The van der Waals surface area contributed by atoms with Crippen LogP contribution >= 0.6 is 0 Å². The molecular weight excluding hydrogens is 348 g/mol. The summed E-state index contributed by atoms with van der Waals surface area (Å²) >= 11 is 0. The highest BCUT2D eigenvalue weighted by Crippen LogP contribution is 2.27. The minimum atomic E-state index is -4.59. The molecule has 138 valence electrons. The lowest BCUT2D eigenvalue weighted by Crippen LogP contribution is -2.57. The van der Waals surface area contributed by atoms with Gasteiger partial charge in [0.05, 0.1) is 12.1 Å². The SMILES string of the molecule is O=C(NO[C@H]1CCNC1)[C@@H]1CC[C@@H](NOS(=O)(=O)O)CN1C1OO1. The number of piperidine rings is 1. The van der Waals surface area contributed by atoms with Crippen LogP contribution in [-0.2, 0) is 34.1 Å². The van der Waals surface area contributed by atoms with Gasteiger partial charge in [-0.3, -0.25) is 14.2 Å². The van der Waals surface area contributed by atoms with Gasteiger partial charge in [-0.05, 0) is 25.8 Å². The maximum absolute atomic E-state index is 12.3. The maximum atomic E-state index is 12.3. The van der Waals surface area contributed by atoms with Crippen LogP contribution in [0.1, 0.15) is 19.3 Å². The fourth-order valence-electron chi connectivity index (χ4n) is 2.81. The minimum Gasteiger partial charge on any atom is -0.314 e. The predicted molar refractivity (Wildman–Crippen MR) is 75.7 cm³/mol. The molecule has 4 N–H and O–H groups in total. The topological polar surface area (TPSA) is 154 Å². The average Bonchev–Trinajstić information content (AvgIpc) is 3.26. The van der Waals surface area contributed by atoms with E-state index in [1.807, 2.05) is 0 Å². The number of hydrogen-bond acceptors (Lipinski definition) is 10. The monoisotopic (exact) mass is 368 g/mol. The van der Waals surface area contributed by atoms with E-state index in [-0.39, 0.29) is 18.6 Å². The number of hydrogen-bond donors (Lipinski definition) is 4. The molecule has 0 aromatic rings. The van der Waals surface area contributed by atoms with Gasteiger partial charge < -0.3 is 5.32 Å². The fraction of sp³-hybridized carbons (Fsp3) is 0.909. The molecule has 0 aliphatic carbocycles. The molecule has 3 atom stereocenters. The number of likely N-dealkylation sites (tertiary alicyclic amines) is 1. The number of hydroxylamine groups is 2. The number of amides is 1. The lowest BCUT2D eigenvalue weighted by atomic mass is 9.99. The van der Waals surface area contributed by atoms with Crippen molar-refractivity contribution in [1.29, 1.82) is 0 Å². The van der Waals surface area contributed by atoms with E-state index in [2.05, 4.69) is 20.6 Å². The molecule has 1 amide bonds. The van der Waals surface area contributed by atoms with Crippen molar-refractivity contribution in [2.24, 2.45) is 0 Å². The first kappa shape index (κ1) is 17.9. The second-order valence-electron chi connectivity index (χ2n) is 5.81. The van der Waals surface area contributed by atoms with Crippen LogP contribution in [0.25, 0.3) is 0 Å². The first-order chi connectivity index (χ1) is 11.4. The molecule has 0 saturated carbocycles. The smallest absolute Gasteiger partial charge is 0.314 e. The van der Waals surface area contributed by atoms with Crippen LogP contribution in [0.5, 0.6) is 0 Å². The Morgan fingerprint density at radius 2 is 2.08 bits per heavy atom. The summed E-state index contributed by atoms with van der Waals surface area (Å²) in [5, 5.41) is 3.13. The van der Waals surface area contributed by atoms with Gasteiger partial charge in [0.25, 0.3) is 12.3 Å². The second-order valence-corrected chi connectivity index (χ2v) is 6.84. The van der Waals surface area contributed by atoms with Crippen LogP contribution in [0.2, 0.25) is 0 Å². The molecule has 3 aliphatic rings. The number of nitrogens with one attached hydrogen (secondary N) is 3. The summed E-state index contributed by atoms with van der Waals surface area (Å²) in [6, 6.07) is -0.973. The summed E-state index contributed by atoms with van der Waals surface area (Å²) in [4.78, 5) is 28.8. The Bertz CT molecular complexity index is 550. The Kier molecular flexibility index (Phi) is 5.63. The Hall–Kier alpha value is -0.900. The maximum Gasteiger partial charge on any atom is 0.413 e. The van der Waals surface area contributed by atoms with Crippen LogP contribution in [0.15, 0.2) is 0 Å². The van der Waals surface area contributed by atoms with Crippen molar-refractivity contribution in [2.75, 3.05) is 19.6 Å². The minimum absolute atomic E-state index is 0.0583. The summed E-state index contributed by atoms with van der Waals surface area (Å²) in [7, 11) is -4.59. The van der Waals surface area contributed by atoms with Crippen molar-refractivity contribution in [1.82, 2.24) is 21.2 Å². The van der Waals surface area contributed by atoms with Crippen LogP contribution in [0, 0.1) is 0 Å². The van der Waals surface area contributed by atoms with E-state index in [0.29, 0.717) is 19.4 Å². The molecule has 3 aliphatic heterocycles. The number of nitrogens with zero attached hydrogens (tertiary/aromatic N) is 1. The van der Waals surface area contributed by atoms with Gasteiger partial charge in [-0.1, -0.05) is 0 Å². The van der Waals surface area contributed by atoms with Gasteiger partial charge in [0, 0.05) is 19.1 Å². The average molecular weight is 368 g/mol. The van der Waals surface area contributed by atoms with Gasteiger partial charge in [0.2, 0.25) is 0 Å². The van der Waals surface area contributed by atoms with Crippen molar-refractivity contribution in [2.45, 2.75) is 43.9 Å². The largest absolute Gasteiger partial charge is 0.413 e. The van der Waals surface area contributed by atoms with Crippen LogP contribution < -0.4 is 16.3 Å². The highest BCUT2D eigenvalue weighted by molar-refractivity contribution is 7.80. The Balaban J connectivity index is 1.51. The zero-order valence-corrected chi connectivity index (χ0v) is 13.5. The van der Waals surface area contributed by atoms with E-state index in [9.17, 15) is 13.2 Å². The zero-order chi connectivity index (χ0) is 17.2. The Morgan fingerprint density at radius 3 is 2.71 bits per heavy atom. The van der Waals surface area contributed by atoms with Crippen molar-refractivity contribution in [3.63, 3.8) is 0 Å². The third kappa shape index (κ3) is 5.05. The normalized spacial score (nSPS) is 32.0. The number of carbonyl (C=O) groups excluding carboxylic acids is 1. The standard InChI is InChI=1S/C11H20N4O8S/c16-10(14-20-8-3-4-12-5-8)9-2-1-7(13-23-24(17,18)19)6-15(9)11-21-22-11/h7-9,11-13H,1-6H2,(H,14,16)(H,17,18,19)/t7-,8+,9+/m1/s1. The van der Waals surface area contributed by atoms with Crippen molar-refractivity contribution < 1.29 is 36.7 Å². The van der Waals surface area contributed by atoms with Crippen molar-refractivity contribution in [3.8, 4) is 0 Å². The van der Waals surface area contributed by atoms with Gasteiger partial charge in [-0.2, -0.15) is 28.0 Å². The zero-order valence-electron chi connectivity index (χ0n) is 12.7. The van der Waals surface area contributed by atoms with Gasteiger partial charge in [-0.15, -0.1) is 0 Å². The van der Waals surface area contributed by atoms with Gasteiger partial charge in [-0.25, -0.2) is 10.4 Å². The molecule has 0 spiro atoms. The summed E-state index contributed by atoms with van der Waals surface area (Å²) in [6.07, 6.45) is 0.930. The summed E-state index contributed by atoms with van der Waals surface area (Å²) in [5.41, 5.74) is 4.71. The second kappa shape index (κ2) is 7.55. The lowest BCUT2D eigenvalue weighted by molar-refractivity contribution is -0.146. The number of carbonyl (C=O) groups is 1. The van der Waals surface area contributed by atoms with Crippen LogP contribution in [0.4, 0.5) is 0 Å². The van der Waals surface area contributed by atoms with E-state index in [1.165, 1.54) is 0 Å². The molecular formula is C11H20N4O8S. The van der Waals surface area contributed by atoms with E-state index in [1.54, 1.807) is 4.90 Å². The Morgan fingerprint density at radius 1 is 1.29 bits per heavy atom. The molecule has 24 heavy (non-hydrogen) atoms. The van der Waals surface area contributed by atoms with Gasteiger partial charge >= 0.3 is 10.4 Å². The highest BCUT2D eigenvalue weighted by Gasteiger charge is 2.45. The molecule has 13 heteroatoms.